The summed E-state index contributed by atoms with van der Waals surface area (Å²) in [6.45, 7) is 8.51. The monoisotopic (exact) mass is 324 g/mol. The molecule has 0 aliphatic carbocycles. The number of thiazole rings is 1. The topological polar surface area (TPSA) is 24.9 Å². The van der Waals surface area contributed by atoms with Gasteiger partial charge in [0.25, 0.3) is 0 Å². The Morgan fingerprint density at radius 1 is 1.22 bits per heavy atom. The molecular formula is C14H17BrN2S. The van der Waals surface area contributed by atoms with E-state index in [1.54, 1.807) is 11.3 Å². The highest BCUT2D eigenvalue weighted by molar-refractivity contribution is 9.10. The van der Waals surface area contributed by atoms with Crippen LogP contribution in [0.15, 0.2) is 22.1 Å². The first-order valence-corrected chi connectivity index (χ1v) is 7.59. The molecule has 1 N–H and O–H groups in total. The number of aryl methyl sites for hydroxylation is 3. The average Bonchev–Trinajstić information content (AvgIpc) is 2.69. The number of rotatable bonds is 3. The summed E-state index contributed by atoms with van der Waals surface area (Å²) in [6.07, 6.45) is 0. The van der Waals surface area contributed by atoms with Crippen LogP contribution in [0.3, 0.4) is 0 Å². The maximum Gasteiger partial charge on any atom is 0.0798 e. The van der Waals surface area contributed by atoms with Crippen LogP contribution >= 0.6 is 27.3 Å². The molecule has 0 saturated heterocycles. The van der Waals surface area contributed by atoms with Crippen LogP contribution in [0.5, 0.6) is 0 Å². The van der Waals surface area contributed by atoms with E-state index in [1.165, 1.54) is 21.7 Å². The fraction of sp³-hybridized carbons (Fsp3) is 0.357. The Morgan fingerprint density at radius 3 is 2.33 bits per heavy atom. The third-order valence-electron chi connectivity index (χ3n) is 3.03. The normalized spacial score (nSPS) is 12.5. The summed E-state index contributed by atoms with van der Waals surface area (Å²) in [5.41, 5.74) is 6.77. The molecule has 2 aromatic rings. The SMILES string of the molecule is Cc1cc(Br)cc(C)c1NC(C)c1scnc1C. The molecule has 1 atom stereocenters. The van der Waals surface area contributed by atoms with Gasteiger partial charge in [-0.15, -0.1) is 11.3 Å². The first-order valence-electron chi connectivity index (χ1n) is 5.92. The zero-order chi connectivity index (χ0) is 13.3. The van der Waals surface area contributed by atoms with Gasteiger partial charge >= 0.3 is 0 Å². The molecule has 0 spiro atoms. The molecule has 1 unspecified atom stereocenters. The van der Waals surface area contributed by atoms with E-state index >= 15 is 0 Å². The molecule has 18 heavy (non-hydrogen) atoms. The van der Waals surface area contributed by atoms with E-state index in [0.29, 0.717) is 0 Å². The van der Waals surface area contributed by atoms with Gasteiger partial charge in [0.05, 0.1) is 17.2 Å². The number of aromatic nitrogens is 1. The van der Waals surface area contributed by atoms with Gasteiger partial charge in [-0.3, -0.25) is 0 Å². The summed E-state index contributed by atoms with van der Waals surface area (Å²) in [4.78, 5) is 5.61. The molecule has 0 amide bonds. The third kappa shape index (κ3) is 2.75. The first kappa shape index (κ1) is 13.6. The van der Waals surface area contributed by atoms with Crippen molar-refractivity contribution in [1.29, 1.82) is 0 Å². The highest BCUT2D eigenvalue weighted by atomic mass is 79.9. The van der Waals surface area contributed by atoms with Crippen LogP contribution in [0, 0.1) is 20.8 Å². The van der Waals surface area contributed by atoms with Gasteiger partial charge in [0, 0.05) is 15.0 Å². The Morgan fingerprint density at radius 2 is 1.83 bits per heavy atom. The van der Waals surface area contributed by atoms with E-state index in [1.807, 2.05) is 5.51 Å². The molecule has 2 rings (SSSR count). The molecule has 0 radical (unpaired) electrons. The van der Waals surface area contributed by atoms with Crippen LogP contribution in [-0.4, -0.2) is 4.98 Å². The minimum atomic E-state index is 0.288. The minimum Gasteiger partial charge on any atom is -0.377 e. The predicted octanol–water partition coefficient (Wildman–Crippen LogP) is 5.00. The van der Waals surface area contributed by atoms with Crippen molar-refractivity contribution >= 4 is 33.0 Å². The Hall–Kier alpha value is -0.870. The van der Waals surface area contributed by atoms with Crippen LogP contribution in [0.1, 0.15) is 34.7 Å². The number of hydrogen-bond donors (Lipinski definition) is 1. The smallest absolute Gasteiger partial charge is 0.0798 e. The largest absolute Gasteiger partial charge is 0.377 e. The van der Waals surface area contributed by atoms with E-state index in [-0.39, 0.29) is 6.04 Å². The Bertz CT molecular complexity index is 540. The van der Waals surface area contributed by atoms with Gasteiger partial charge in [0.2, 0.25) is 0 Å². The van der Waals surface area contributed by atoms with Gasteiger partial charge in [0.15, 0.2) is 0 Å². The lowest BCUT2D eigenvalue weighted by Crippen LogP contribution is -2.08. The van der Waals surface area contributed by atoms with Crippen molar-refractivity contribution in [2.24, 2.45) is 0 Å². The van der Waals surface area contributed by atoms with Gasteiger partial charge in [-0.05, 0) is 51.0 Å². The Kier molecular flexibility index (Phi) is 4.07. The average molecular weight is 325 g/mol. The zero-order valence-electron chi connectivity index (χ0n) is 11.0. The Labute approximate surface area is 121 Å². The maximum absolute atomic E-state index is 4.31. The standard InChI is InChI=1S/C14H17BrN2S/c1-8-5-12(15)6-9(2)13(8)17-11(4)14-10(3)16-7-18-14/h5-7,11,17H,1-4H3. The lowest BCUT2D eigenvalue weighted by Gasteiger charge is -2.19. The number of anilines is 1. The van der Waals surface area contributed by atoms with Gasteiger partial charge in [-0.2, -0.15) is 0 Å². The summed E-state index contributed by atoms with van der Waals surface area (Å²) in [5.74, 6) is 0. The van der Waals surface area contributed by atoms with E-state index < -0.39 is 0 Å². The van der Waals surface area contributed by atoms with Crippen molar-refractivity contribution in [2.75, 3.05) is 5.32 Å². The summed E-state index contributed by atoms with van der Waals surface area (Å²) in [7, 11) is 0. The molecule has 0 saturated carbocycles. The number of halogens is 1. The van der Waals surface area contributed by atoms with Crippen molar-refractivity contribution in [3.63, 3.8) is 0 Å². The molecule has 0 aliphatic rings. The molecule has 0 fully saturated rings. The fourth-order valence-corrected chi connectivity index (χ4v) is 3.64. The molecular weight excluding hydrogens is 308 g/mol. The van der Waals surface area contributed by atoms with Crippen molar-refractivity contribution < 1.29 is 0 Å². The molecule has 1 aromatic carbocycles. The van der Waals surface area contributed by atoms with Crippen LogP contribution in [0.4, 0.5) is 5.69 Å². The summed E-state index contributed by atoms with van der Waals surface area (Å²) >= 11 is 5.24. The zero-order valence-corrected chi connectivity index (χ0v) is 13.4. The minimum absolute atomic E-state index is 0.288. The molecule has 1 heterocycles. The van der Waals surface area contributed by atoms with Crippen LogP contribution < -0.4 is 5.32 Å². The summed E-state index contributed by atoms with van der Waals surface area (Å²) in [5, 5.41) is 3.60. The van der Waals surface area contributed by atoms with Gasteiger partial charge in [-0.25, -0.2) is 4.98 Å². The maximum atomic E-state index is 4.31. The number of benzene rings is 1. The highest BCUT2D eigenvalue weighted by Crippen LogP contribution is 2.30. The Balaban J connectivity index is 2.27. The van der Waals surface area contributed by atoms with Crippen LogP contribution in [-0.2, 0) is 0 Å². The molecule has 0 bridgehead atoms. The van der Waals surface area contributed by atoms with Gasteiger partial charge < -0.3 is 5.32 Å². The number of nitrogens with one attached hydrogen (secondary N) is 1. The van der Waals surface area contributed by atoms with Gasteiger partial charge in [0.1, 0.15) is 0 Å². The molecule has 0 aliphatic heterocycles. The summed E-state index contributed by atoms with van der Waals surface area (Å²) < 4.78 is 1.13. The van der Waals surface area contributed by atoms with E-state index in [0.717, 1.165) is 10.2 Å². The predicted molar refractivity (Wildman–Crippen MR) is 82.5 cm³/mol. The van der Waals surface area contributed by atoms with Crippen LogP contribution in [0.25, 0.3) is 0 Å². The van der Waals surface area contributed by atoms with E-state index in [2.05, 4.69) is 66.1 Å². The second kappa shape index (κ2) is 5.41. The fourth-order valence-electron chi connectivity index (χ4n) is 2.15. The highest BCUT2D eigenvalue weighted by Gasteiger charge is 2.13. The van der Waals surface area contributed by atoms with Crippen molar-refractivity contribution in [1.82, 2.24) is 4.98 Å². The second-order valence-electron chi connectivity index (χ2n) is 4.58. The first-order chi connectivity index (χ1) is 8.49. The van der Waals surface area contributed by atoms with Crippen molar-refractivity contribution in [2.45, 2.75) is 33.7 Å². The van der Waals surface area contributed by atoms with Crippen molar-refractivity contribution in [3.8, 4) is 0 Å². The van der Waals surface area contributed by atoms with Crippen molar-refractivity contribution in [3.05, 3.63) is 43.8 Å². The molecule has 1 aromatic heterocycles. The molecule has 4 heteroatoms. The number of nitrogens with zero attached hydrogens (tertiary/aromatic N) is 1. The number of hydrogen-bond acceptors (Lipinski definition) is 3. The summed E-state index contributed by atoms with van der Waals surface area (Å²) in [6, 6.07) is 4.57. The van der Waals surface area contributed by atoms with Crippen LogP contribution in [0.2, 0.25) is 0 Å². The second-order valence-corrected chi connectivity index (χ2v) is 6.38. The molecule has 2 nitrogen and oxygen atoms in total. The quantitative estimate of drug-likeness (QED) is 0.858. The lowest BCUT2D eigenvalue weighted by molar-refractivity contribution is 0.886. The third-order valence-corrected chi connectivity index (χ3v) is 4.61. The van der Waals surface area contributed by atoms with Gasteiger partial charge in [-0.1, -0.05) is 15.9 Å². The van der Waals surface area contributed by atoms with E-state index in [9.17, 15) is 0 Å². The lowest BCUT2D eigenvalue weighted by atomic mass is 10.1. The van der Waals surface area contributed by atoms with E-state index in [4.69, 9.17) is 0 Å². The molecule has 96 valence electrons.